The summed E-state index contributed by atoms with van der Waals surface area (Å²) < 4.78 is 14.1. The summed E-state index contributed by atoms with van der Waals surface area (Å²) in [6, 6.07) is 11.4. The van der Waals surface area contributed by atoms with Crippen LogP contribution in [0.5, 0.6) is 5.75 Å². The van der Waals surface area contributed by atoms with Crippen LogP contribution in [0.4, 0.5) is 10.1 Å². The van der Waals surface area contributed by atoms with E-state index in [2.05, 4.69) is 20.9 Å². The summed E-state index contributed by atoms with van der Waals surface area (Å²) in [6.45, 7) is 0. The van der Waals surface area contributed by atoms with Gasteiger partial charge in [0.1, 0.15) is 11.6 Å². The van der Waals surface area contributed by atoms with E-state index in [1.54, 1.807) is 36.4 Å². The third-order valence-corrected chi connectivity index (χ3v) is 2.68. The normalized spacial score (nSPS) is 10.9. The quantitative estimate of drug-likeness (QED) is 0.833. The van der Waals surface area contributed by atoms with E-state index in [0.717, 1.165) is 0 Å². The zero-order valence-corrected chi connectivity index (χ0v) is 10.4. The van der Waals surface area contributed by atoms with Crippen LogP contribution in [-0.4, -0.2) is 11.3 Å². The van der Waals surface area contributed by atoms with E-state index >= 15 is 0 Å². The van der Waals surface area contributed by atoms with E-state index in [1.807, 2.05) is 0 Å². The maximum Gasteiger partial charge on any atom is 0.149 e. The lowest BCUT2D eigenvalue weighted by Gasteiger charge is -1.99. The van der Waals surface area contributed by atoms with Gasteiger partial charge in [0.25, 0.3) is 0 Å². The Morgan fingerprint density at radius 2 is 1.94 bits per heavy atom. The number of rotatable bonds is 2. The number of nitrogens with zero attached hydrogens (tertiary/aromatic N) is 1. The molecule has 0 radical (unpaired) electrons. The second-order valence-electron chi connectivity index (χ2n) is 3.41. The SMILES string of the molecule is Oc1ccccc1C=Nc1ccc(Br)cc1F. The molecule has 0 amide bonds. The van der Waals surface area contributed by atoms with Gasteiger partial charge in [-0.3, -0.25) is 4.99 Å². The lowest BCUT2D eigenvalue weighted by molar-refractivity contribution is 0.474. The molecule has 17 heavy (non-hydrogen) atoms. The highest BCUT2D eigenvalue weighted by Gasteiger charge is 2.01. The molecule has 86 valence electrons. The minimum atomic E-state index is -0.411. The van der Waals surface area contributed by atoms with Crippen molar-refractivity contribution in [3.63, 3.8) is 0 Å². The van der Waals surface area contributed by atoms with Crippen LogP contribution < -0.4 is 0 Å². The standard InChI is InChI=1S/C13H9BrFNO/c14-10-5-6-12(11(15)7-10)16-8-9-3-1-2-4-13(9)17/h1-8,17H. The van der Waals surface area contributed by atoms with Crippen LogP contribution in [-0.2, 0) is 0 Å². The monoisotopic (exact) mass is 293 g/mol. The zero-order valence-electron chi connectivity index (χ0n) is 8.77. The number of phenolic OH excluding ortho intramolecular Hbond substituents is 1. The van der Waals surface area contributed by atoms with Crippen molar-refractivity contribution in [3.8, 4) is 5.75 Å². The number of hydrogen-bond donors (Lipinski definition) is 1. The minimum absolute atomic E-state index is 0.119. The molecule has 0 heterocycles. The summed E-state index contributed by atoms with van der Waals surface area (Å²) in [5, 5.41) is 9.51. The average Bonchev–Trinajstić information content (AvgIpc) is 2.30. The van der Waals surface area contributed by atoms with Crippen LogP contribution in [0.15, 0.2) is 51.9 Å². The molecule has 2 rings (SSSR count). The molecule has 0 saturated heterocycles. The van der Waals surface area contributed by atoms with Gasteiger partial charge in [-0.1, -0.05) is 28.1 Å². The molecule has 0 spiro atoms. The Morgan fingerprint density at radius 3 is 2.65 bits per heavy atom. The number of hydrogen-bond acceptors (Lipinski definition) is 2. The largest absolute Gasteiger partial charge is 0.507 e. The van der Waals surface area contributed by atoms with Gasteiger partial charge in [0.15, 0.2) is 0 Å². The molecule has 2 aromatic rings. The first-order valence-electron chi connectivity index (χ1n) is 4.94. The van der Waals surface area contributed by atoms with E-state index < -0.39 is 5.82 Å². The van der Waals surface area contributed by atoms with Crippen molar-refractivity contribution in [1.82, 2.24) is 0 Å². The van der Waals surface area contributed by atoms with E-state index in [4.69, 9.17) is 0 Å². The highest BCUT2D eigenvalue weighted by atomic mass is 79.9. The Hall–Kier alpha value is -1.68. The molecule has 0 unspecified atom stereocenters. The van der Waals surface area contributed by atoms with Crippen molar-refractivity contribution in [2.75, 3.05) is 0 Å². The van der Waals surface area contributed by atoms with Gasteiger partial charge in [-0.15, -0.1) is 0 Å². The number of aromatic hydroxyl groups is 1. The predicted octanol–water partition coefficient (Wildman–Crippen LogP) is 4.04. The number of para-hydroxylation sites is 1. The molecule has 0 aliphatic rings. The van der Waals surface area contributed by atoms with Crippen LogP contribution in [0.25, 0.3) is 0 Å². The van der Waals surface area contributed by atoms with Crippen LogP contribution >= 0.6 is 15.9 Å². The molecule has 0 bridgehead atoms. The minimum Gasteiger partial charge on any atom is -0.507 e. The topological polar surface area (TPSA) is 32.6 Å². The molecule has 0 aliphatic carbocycles. The third kappa shape index (κ3) is 2.91. The lowest BCUT2D eigenvalue weighted by atomic mass is 10.2. The molecular weight excluding hydrogens is 285 g/mol. The predicted molar refractivity (Wildman–Crippen MR) is 69.5 cm³/mol. The Labute approximate surface area is 107 Å². The molecule has 4 heteroatoms. The second kappa shape index (κ2) is 5.10. The van der Waals surface area contributed by atoms with Crippen molar-refractivity contribution in [3.05, 3.63) is 58.3 Å². The maximum absolute atomic E-state index is 13.4. The smallest absolute Gasteiger partial charge is 0.149 e. The van der Waals surface area contributed by atoms with E-state index in [0.29, 0.717) is 10.0 Å². The molecule has 2 nitrogen and oxygen atoms in total. The van der Waals surface area contributed by atoms with Crippen LogP contribution in [0.2, 0.25) is 0 Å². The fourth-order valence-corrected chi connectivity index (χ4v) is 1.65. The molecule has 1 N–H and O–H groups in total. The summed E-state index contributed by atoms with van der Waals surface area (Å²) in [4.78, 5) is 4.00. The van der Waals surface area contributed by atoms with Crippen LogP contribution in [0.3, 0.4) is 0 Å². The Morgan fingerprint density at radius 1 is 1.18 bits per heavy atom. The van der Waals surface area contributed by atoms with E-state index in [-0.39, 0.29) is 11.4 Å². The third-order valence-electron chi connectivity index (χ3n) is 2.19. The summed E-state index contributed by atoms with van der Waals surface area (Å²) in [7, 11) is 0. The highest BCUT2D eigenvalue weighted by Crippen LogP contribution is 2.22. The van der Waals surface area contributed by atoms with Crippen molar-refractivity contribution in [2.24, 2.45) is 4.99 Å². The fraction of sp³-hybridized carbons (Fsp3) is 0. The Balaban J connectivity index is 2.29. The molecule has 0 atom stereocenters. The maximum atomic E-state index is 13.4. The Bertz CT molecular complexity index is 569. The number of phenols is 1. The van der Waals surface area contributed by atoms with Crippen molar-refractivity contribution >= 4 is 27.8 Å². The lowest BCUT2D eigenvalue weighted by Crippen LogP contribution is -1.82. The summed E-state index contributed by atoms with van der Waals surface area (Å²) in [6.07, 6.45) is 1.43. The summed E-state index contributed by atoms with van der Waals surface area (Å²) in [5.41, 5.74) is 0.784. The number of aliphatic imine (C=N–C) groups is 1. The fourth-order valence-electron chi connectivity index (χ4n) is 1.32. The molecule has 0 aliphatic heterocycles. The van der Waals surface area contributed by atoms with Gasteiger partial charge in [-0.05, 0) is 30.3 Å². The van der Waals surface area contributed by atoms with Crippen molar-refractivity contribution in [2.45, 2.75) is 0 Å². The van der Waals surface area contributed by atoms with Crippen LogP contribution in [0.1, 0.15) is 5.56 Å². The molecule has 0 aromatic heterocycles. The molecule has 0 fully saturated rings. The van der Waals surface area contributed by atoms with Crippen molar-refractivity contribution in [1.29, 1.82) is 0 Å². The van der Waals surface area contributed by atoms with Crippen LogP contribution in [0, 0.1) is 5.82 Å². The van der Waals surface area contributed by atoms with Gasteiger partial charge in [0.05, 0.1) is 5.69 Å². The molecular formula is C13H9BrFNO. The average molecular weight is 294 g/mol. The number of halogens is 2. The second-order valence-corrected chi connectivity index (χ2v) is 4.33. The molecule has 2 aromatic carbocycles. The van der Waals surface area contributed by atoms with E-state index in [1.165, 1.54) is 12.3 Å². The number of benzene rings is 2. The summed E-state index contributed by atoms with van der Waals surface area (Å²) in [5.74, 6) is -0.292. The first-order valence-corrected chi connectivity index (χ1v) is 5.73. The van der Waals surface area contributed by atoms with Gasteiger partial charge in [-0.25, -0.2) is 4.39 Å². The first kappa shape index (κ1) is 11.8. The Kier molecular flexibility index (Phi) is 3.54. The van der Waals surface area contributed by atoms with E-state index in [9.17, 15) is 9.50 Å². The van der Waals surface area contributed by atoms with Gasteiger partial charge >= 0.3 is 0 Å². The van der Waals surface area contributed by atoms with Gasteiger partial charge in [0.2, 0.25) is 0 Å². The summed E-state index contributed by atoms with van der Waals surface area (Å²) >= 11 is 3.17. The van der Waals surface area contributed by atoms with Crippen molar-refractivity contribution < 1.29 is 9.50 Å². The highest BCUT2D eigenvalue weighted by molar-refractivity contribution is 9.10. The molecule has 0 saturated carbocycles. The zero-order chi connectivity index (χ0) is 12.3. The first-order chi connectivity index (χ1) is 8.16. The van der Waals surface area contributed by atoms with Gasteiger partial charge in [0, 0.05) is 16.3 Å². The van der Waals surface area contributed by atoms with Gasteiger partial charge < -0.3 is 5.11 Å². The van der Waals surface area contributed by atoms with Gasteiger partial charge in [-0.2, -0.15) is 0 Å².